The van der Waals surface area contributed by atoms with Crippen LogP contribution in [0, 0.1) is 11.3 Å². The molecular weight excluding hydrogens is 394 g/mol. The largest absolute Gasteiger partial charge is 0.381 e. The first-order valence-corrected chi connectivity index (χ1v) is 10.8. The van der Waals surface area contributed by atoms with Crippen LogP contribution in [0.15, 0.2) is 36.0 Å². The molecule has 0 radical (unpaired) electrons. The summed E-state index contributed by atoms with van der Waals surface area (Å²) in [4.78, 5) is 14.8. The van der Waals surface area contributed by atoms with Gasteiger partial charge >= 0.3 is 6.03 Å². The molecule has 2 atom stereocenters. The molecule has 2 fully saturated rings. The van der Waals surface area contributed by atoms with Crippen molar-refractivity contribution in [2.75, 3.05) is 19.8 Å². The van der Waals surface area contributed by atoms with Gasteiger partial charge in [-0.1, -0.05) is 12.1 Å². The van der Waals surface area contributed by atoms with Crippen LogP contribution >= 0.6 is 0 Å². The van der Waals surface area contributed by atoms with E-state index in [1.807, 2.05) is 23.2 Å². The fourth-order valence-electron chi connectivity index (χ4n) is 4.51. The third kappa shape index (κ3) is 4.83. The number of urea groups is 1. The van der Waals surface area contributed by atoms with E-state index in [1.54, 1.807) is 12.1 Å². The van der Waals surface area contributed by atoms with Gasteiger partial charge in [-0.05, 0) is 50.0 Å². The van der Waals surface area contributed by atoms with Crippen molar-refractivity contribution in [1.29, 1.82) is 5.26 Å². The van der Waals surface area contributed by atoms with Gasteiger partial charge in [0.2, 0.25) is 0 Å². The maximum Gasteiger partial charge on any atom is 0.332 e. The summed E-state index contributed by atoms with van der Waals surface area (Å²) in [7, 11) is 0. The number of benzene rings is 1. The van der Waals surface area contributed by atoms with Crippen molar-refractivity contribution in [1.82, 2.24) is 31.7 Å². The van der Waals surface area contributed by atoms with E-state index < -0.39 is 5.54 Å². The molecule has 9 heteroatoms. The predicted octanol–water partition coefficient (Wildman–Crippen LogP) is 0.864. The van der Waals surface area contributed by atoms with Gasteiger partial charge in [-0.3, -0.25) is 16.1 Å². The summed E-state index contributed by atoms with van der Waals surface area (Å²) >= 11 is 0. The monoisotopic (exact) mass is 425 g/mol. The molecule has 0 aromatic heterocycles. The van der Waals surface area contributed by atoms with Crippen molar-refractivity contribution in [2.45, 2.75) is 57.1 Å². The van der Waals surface area contributed by atoms with Crippen LogP contribution in [-0.2, 0) is 11.3 Å². The molecule has 9 nitrogen and oxygen atoms in total. The molecule has 166 valence electrons. The van der Waals surface area contributed by atoms with Crippen molar-refractivity contribution in [3.63, 3.8) is 0 Å². The Hall–Kier alpha value is -2.64. The van der Waals surface area contributed by atoms with E-state index in [1.165, 1.54) is 0 Å². The van der Waals surface area contributed by atoms with Crippen molar-refractivity contribution < 1.29 is 9.53 Å². The molecule has 1 aromatic carbocycles. The number of hydrazine groups is 1. The molecule has 3 aliphatic rings. The summed E-state index contributed by atoms with van der Waals surface area (Å²) < 4.78 is 5.43. The summed E-state index contributed by atoms with van der Waals surface area (Å²) in [6.45, 7) is 6.74. The molecule has 31 heavy (non-hydrogen) atoms. The highest BCUT2D eigenvalue weighted by molar-refractivity contribution is 5.76. The molecule has 2 amide bonds. The molecule has 3 aliphatic heterocycles. The van der Waals surface area contributed by atoms with Crippen molar-refractivity contribution in [3.8, 4) is 6.07 Å². The number of hydrogen-bond donors (Lipinski definition) is 5. The number of nitriles is 1. The van der Waals surface area contributed by atoms with Crippen molar-refractivity contribution >= 4 is 6.03 Å². The number of ether oxygens (including phenoxy) is 1. The Labute approximate surface area is 183 Å². The number of amides is 2. The highest BCUT2D eigenvalue weighted by Crippen LogP contribution is 2.35. The van der Waals surface area contributed by atoms with Gasteiger partial charge in [-0.2, -0.15) is 5.26 Å². The molecule has 1 aromatic rings. The van der Waals surface area contributed by atoms with Crippen LogP contribution in [0.25, 0.3) is 0 Å². The average Bonchev–Trinajstić information content (AvgIpc) is 3.04. The molecule has 0 saturated carbocycles. The SMILES string of the molecule is CC1(C)C2=CNC(NC3CCOCC3)NC2CN1C(=O)NNCc1cccc(C#N)c1. The van der Waals surface area contributed by atoms with Gasteiger partial charge in [0.1, 0.15) is 6.29 Å². The summed E-state index contributed by atoms with van der Waals surface area (Å²) in [5.74, 6) is 0. The second kappa shape index (κ2) is 9.24. The van der Waals surface area contributed by atoms with E-state index in [0.717, 1.165) is 37.2 Å². The second-order valence-electron chi connectivity index (χ2n) is 8.74. The topological polar surface area (TPSA) is 113 Å². The van der Waals surface area contributed by atoms with Crippen LogP contribution in [0.3, 0.4) is 0 Å². The molecule has 5 N–H and O–H groups in total. The zero-order valence-corrected chi connectivity index (χ0v) is 18.1. The van der Waals surface area contributed by atoms with Gasteiger partial charge in [0.15, 0.2) is 0 Å². The van der Waals surface area contributed by atoms with Gasteiger partial charge in [-0.15, -0.1) is 0 Å². The van der Waals surface area contributed by atoms with Gasteiger partial charge in [-0.25, -0.2) is 10.2 Å². The standard InChI is InChI=1S/C22H31N7O2/c1-22(2)18-13-24-20(26-17-6-8-31-9-7-17)27-19(18)14-29(22)21(30)28-25-12-16-5-3-4-15(10-16)11-23/h3-5,10,13,17,19-20,24-27H,6-9,12,14H2,1-2H3,(H,28,30). The first-order chi connectivity index (χ1) is 15.0. The zero-order valence-electron chi connectivity index (χ0n) is 18.1. The van der Waals surface area contributed by atoms with E-state index >= 15 is 0 Å². The lowest BCUT2D eigenvalue weighted by Gasteiger charge is -2.36. The Morgan fingerprint density at radius 2 is 2.16 bits per heavy atom. The van der Waals surface area contributed by atoms with Gasteiger partial charge in [0.05, 0.1) is 23.2 Å². The Morgan fingerprint density at radius 1 is 1.35 bits per heavy atom. The maximum atomic E-state index is 12.9. The molecule has 0 spiro atoms. The third-order valence-electron chi connectivity index (χ3n) is 6.31. The minimum absolute atomic E-state index is 0.0267. The first-order valence-electron chi connectivity index (χ1n) is 10.8. The predicted molar refractivity (Wildman–Crippen MR) is 116 cm³/mol. The summed E-state index contributed by atoms with van der Waals surface area (Å²) in [6, 6.07) is 9.78. The Balaban J connectivity index is 1.31. The fraction of sp³-hybridized carbons (Fsp3) is 0.545. The van der Waals surface area contributed by atoms with Crippen molar-refractivity contribution in [2.24, 2.45) is 0 Å². The minimum Gasteiger partial charge on any atom is -0.381 e. The Bertz CT molecular complexity index is 873. The quantitative estimate of drug-likeness (QED) is 0.445. The lowest BCUT2D eigenvalue weighted by atomic mass is 9.92. The molecule has 2 saturated heterocycles. The number of likely N-dealkylation sites (tertiary alicyclic amines) is 1. The van der Waals surface area contributed by atoms with Gasteiger partial charge in [0, 0.05) is 38.5 Å². The third-order valence-corrected chi connectivity index (χ3v) is 6.31. The molecule has 4 rings (SSSR count). The van der Waals surface area contributed by atoms with Crippen LogP contribution in [-0.4, -0.2) is 54.6 Å². The van der Waals surface area contributed by atoms with Crippen LogP contribution < -0.4 is 26.8 Å². The van der Waals surface area contributed by atoms with Gasteiger partial charge in [0.25, 0.3) is 0 Å². The highest BCUT2D eigenvalue weighted by Gasteiger charge is 2.47. The second-order valence-corrected chi connectivity index (χ2v) is 8.74. The van der Waals surface area contributed by atoms with Crippen molar-refractivity contribution in [3.05, 3.63) is 47.2 Å². The smallest absolute Gasteiger partial charge is 0.332 e. The van der Waals surface area contributed by atoms with E-state index in [-0.39, 0.29) is 18.4 Å². The number of carbonyl (C=O) groups is 1. The summed E-state index contributed by atoms with van der Waals surface area (Å²) in [5, 5.41) is 19.6. The summed E-state index contributed by atoms with van der Waals surface area (Å²) in [6.07, 6.45) is 4.03. The molecule has 0 bridgehead atoms. The van der Waals surface area contributed by atoms with Crippen LogP contribution in [0.4, 0.5) is 4.79 Å². The normalized spacial score (nSPS) is 25.2. The Kier molecular flexibility index (Phi) is 6.43. The number of nitrogens with zero attached hydrogens (tertiary/aromatic N) is 2. The average molecular weight is 426 g/mol. The number of hydrogen-bond acceptors (Lipinski definition) is 7. The number of carbonyl (C=O) groups excluding carboxylic acids is 1. The maximum absolute atomic E-state index is 12.9. The van der Waals surface area contributed by atoms with Gasteiger partial charge < -0.3 is 15.0 Å². The van der Waals surface area contributed by atoms with Crippen LogP contribution in [0.1, 0.15) is 37.8 Å². The highest BCUT2D eigenvalue weighted by atomic mass is 16.5. The molecule has 3 heterocycles. The van der Waals surface area contributed by atoms with Crippen LogP contribution in [0.5, 0.6) is 0 Å². The van der Waals surface area contributed by atoms with E-state index in [2.05, 4.69) is 46.7 Å². The van der Waals surface area contributed by atoms with Crippen LogP contribution in [0.2, 0.25) is 0 Å². The summed E-state index contributed by atoms with van der Waals surface area (Å²) in [5.41, 5.74) is 8.07. The lowest BCUT2D eigenvalue weighted by molar-refractivity contribution is 0.0715. The van der Waals surface area contributed by atoms with E-state index in [0.29, 0.717) is 24.7 Å². The van der Waals surface area contributed by atoms with E-state index in [9.17, 15) is 4.79 Å². The Morgan fingerprint density at radius 3 is 2.94 bits per heavy atom. The molecular formula is C22H31N7O2. The molecule has 0 aliphatic carbocycles. The number of rotatable bonds is 5. The lowest BCUT2D eigenvalue weighted by Crippen LogP contribution is -2.61. The molecule has 2 unspecified atom stereocenters. The number of nitrogens with one attached hydrogen (secondary N) is 5. The first kappa shape index (κ1) is 21.6. The zero-order chi connectivity index (χ0) is 21.8. The van der Waals surface area contributed by atoms with E-state index in [4.69, 9.17) is 10.00 Å². The fourth-order valence-corrected chi connectivity index (χ4v) is 4.51. The minimum atomic E-state index is -0.416. The number of fused-ring (bicyclic) bond motifs is 1.